The van der Waals surface area contributed by atoms with E-state index in [4.69, 9.17) is 5.11 Å². The summed E-state index contributed by atoms with van der Waals surface area (Å²) < 4.78 is 0. The van der Waals surface area contributed by atoms with Crippen molar-refractivity contribution in [2.24, 2.45) is 10.4 Å². The van der Waals surface area contributed by atoms with Gasteiger partial charge >= 0.3 is 0 Å². The molecule has 0 aromatic heterocycles. The molecule has 1 unspecified atom stereocenters. The zero-order chi connectivity index (χ0) is 10.2. The Morgan fingerprint density at radius 2 is 2.29 bits per heavy atom. The standard InChI is InChI=1S/C12H15NO/c1-9-3-5-12(2)10(4-6-14)8-13-11(12)7-9/h3,5,7-8,14H,4,6H2,1-2H3. The number of hydrogen-bond donors (Lipinski definition) is 1. The number of nitrogens with zero attached hydrogens (tertiary/aromatic N) is 1. The van der Waals surface area contributed by atoms with Gasteiger partial charge in [0.05, 0.1) is 11.1 Å². The lowest BCUT2D eigenvalue weighted by molar-refractivity contribution is 0.294. The van der Waals surface area contributed by atoms with E-state index < -0.39 is 0 Å². The fourth-order valence-corrected chi connectivity index (χ4v) is 1.97. The van der Waals surface area contributed by atoms with Crippen LogP contribution in [0.1, 0.15) is 20.3 Å². The van der Waals surface area contributed by atoms with Crippen molar-refractivity contribution in [3.8, 4) is 0 Å². The number of rotatable bonds is 2. The van der Waals surface area contributed by atoms with Crippen molar-refractivity contribution in [3.63, 3.8) is 0 Å². The van der Waals surface area contributed by atoms with Crippen LogP contribution in [0, 0.1) is 5.41 Å². The summed E-state index contributed by atoms with van der Waals surface area (Å²) in [5, 5.41) is 8.95. The van der Waals surface area contributed by atoms with Gasteiger partial charge in [-0.15, -0.1) is 0 Å². The van der Waals surface area contributed by atoms with E-state index in [9.17, 15) is 0 Å². The zero-order valence-electron chi connectivity index (χ0n) is 8.62. The molecular formula is C12H15NO. The van der Waals surface area contributed by atoms with E-state index in [0.29, 0.717) is 6.42 Å². The zero-order valence-corrected chi connectivity index (χ0v) is 8.62. The van der Waals surface area contributed by atoms with Crippen LogP contribution < -0.4 is 0 Å². The van der Waals surface area contributed by atoms with Crippen molar-refractivity contribution in [1.82, 2.24) is 0 Å². The van der Waals surface area contributed by atoms with Gasteiger partial charge in [-0.2, -0.15) is 0 Å². The lowest BCUT2D eigenvalue weighted by Crippen LogP contribution is -2.26. The highest BCUT2D eigenvalue weighted by molar-refractivity contribution is 6.06. The van der Waals surface area contributed by atoms with Crippen molar-refractivity contribution in [2.75, 3.05) is 6.61 Å². The van der Waals surface area contributed by atoms with E-state index in [1.807, 2.05) is 6.20 Å². The van der Waals surface area contributed by atoms with E-state index in [-0.39, 0.29) is 12.0 Å². The van der Waals surface area contributed by atoms with Crippen LogP contribution in [0.5, 0.6) is 0 Å². The van der Waals surface area contributed by atoms with Gasteiger partial charge < -0.3 is 5.11 Å². The second-order valence-electron chi connectivity index (χ2n) is 4.07. The molecule has 2 rings (SSSR count). The quantitative estimate of drug-likeness (QED) is 0.709. The molecule has 0 saturated carbocycles. The lowest BCUT2D eigenvalue weighted by atomic mass is 9.75. The lowest BCUT2D eigenvalue weighted by Gasteiger charge is -2.27. The maximum atomic E-state index is 8.95. The van der Waals surface area contributed by atoms with Crippen molar-refractivity contribution in [2.45, 2.75) is 20.3 Å². The average molecular weight is 189 g/mol. The molecule has 74 valence electrons. The van der Waals surface area contributed by atoms with Gasteiger partial charge in [0.2, 0.25) is 0 Å². The molecule has 0 bridgehead atoms. The fraction of sp³-hybridized carbons (Fsp3) is 0.417. The Hall–Kier alpha value is -1.15. The van der Waals surface area contributed by atoms with Crippen LogP contribution in [-0.4, -0.2) is 17.4 Å². The van der Waals surface area contributed by atoms with Crippen molar-refractivity contribution >= 4 is 5.71 Å². The minimum Gasteiger partial charge on any atom is -0.396 e. The number of hydrogen-bond acceptors (Lipinski definition) is 2. The molecular weight excluding hydrogens is 174 g/mol. The van der Waals surface area contributed by atoms with Gasteiger partial charge in [-0.3, -0.25) is 4.99 Å². The number of allylic oxidation sites excluding steroid dienone is 4. The Bertz CT molecular complexity index is 374. The Morgan fingerprint density at radius 1 is 1.50 bits per heavy atom. The fourth-order valence-electron chi connectivity index (χ4n) is 1.97. The van der Waals surface area contributed by atoms with E-state index in [0.717, 1.165) is 5.71 Å². The molecule has 0 saturated heterocycles. The van der Waals surface area contributed by atoms with Crippen LogP contribution in [-0.2, 0) is 0 Å². The third-order valence-corrected chi connectivity index (χ3v) is 2.98. The number of aliphatic hydroxyl groups excluding tert-OH is 1. The molecule has 1 aliphatic carbocycles. The predicted molar refractivity (Wildman–Crippen MR) is 58.2 cm³/mol. The van der Waals surface area contributed by atoms with Gasteiger partial charge in [0.1, 0.15) is 0 Å². The minimum absolute atomic E-state index is 0.0672. The maximum Gasteiger partial charge on any atom is 0.0544 e. The van der Waals surface area contributed by atoms with Gasteiger partial charge in [-0.05, 0) is 37.5 Å². The molecule has 14 heavy (non-hydrogen) atoms. The molecule has 2 heteroatoms. The second kappa shape index (κ2) is 3.21. The van der Waals surface area contributed by atoms with Crippen LogP contribution in [0.25, 0.3) is 0 Å². The molecule has 1 heterocycles. The number of aliphatic hydroxyl groups is 1. The molecule has 2 nitrogen and oxygen atoms in total. The van der Waals surface area contributed by atoms with Crippen molar-refractivity contribution in [1.29, 1.82) is 0 Å². The summed E-state index contributed by atoms with van der Waals surface area (Å²) in [5.74, 6) is 0. The van der Waals surface area contributed by atoms with Gasteiger partial charge in [0, 0.05) is 12.8 Å². The third-order valence-electron chi connectivity index (χ3n) is 2.98. The highest BCUT2D eigenvalue weighted by atomic mass is 16.2. The summed E-state index contributed by atoms with van der Waals surface area (Å²) in [5.41, 5.74) is 3.47. The molecule has 0 radical (unpaired) electrons. The molecule has 1 atom stereocenters. The summed E-state index contributed by atoms with van der Waals surface area (Å²) in [6.07, 6.45) is 9.01. The van der Waals surface area contributed by atoms with Gasteiger partial charge in [-0.25, -0.2) is 0 Å². The highest BCUT2D eigenvalue weighted by Crippen LogP contribution is 2.40. The molecule has 0 aromatic rings. The van der Waals surface area contributed by atoms with E-state index in [2.05, 4.69) is 37.1 Å². The Balaban J connectivity index is 2.32. The van der Waals surface area contributed by atoms with E-state index in [1.54, 1.807) is 0 Å². The Labute approximate surface area is 84.4 Å². The molecule has 1 aliphatic heterocycles. The summed E-state index contributed by atoms with van der Waals surface area (Å²) in [4.78, 5) is 4.40. The molecule has 2 aliphatic rings. The average Bonchev–Trinajstić information content (AvgIpc) is 2.46. The third kappa shape index (κ3) is 1.26. The normalized spacial score (nSPS) is 29.5. The predicted octanol–water partition coefficient (Wildman–Crippen LogP) is 2.23. The Kier molecular flexibility index (Phi) is 2.16. The first-order valence-electron chi connectivity index (χ1n) is 4.93. The molecule has 1 N–H and O–H groups in total. The van der Waals surface area contributed by atoms with Gasteiger partial charge in [0.25, 0.3) is 0 Å². The first kappa shape index (κ1) is 9.41. The first-order chi connectivity index (χ1) is 6.66. The largest absolute Gasteiger partial charge is 0.396 e. The van der Waals surface area contributed by atoms with Crippen molar-refractivity contribution in [3.05, 3.63) is 35.6 Å². The van der Waals surface area contributed by atoms with Crippen LogP contribution in [0.3, 0.4) is 0 Å². The van der Waals surface area contributed by atoms with Gasteiger partial charge in [0.15, 0.2) is 0 Å². The van der Waals surface area contributed by atoms with Crippen LogP contribution >= 0.6 is 0 Å². The second-order valence-corrected chi connectivity index (χ2v) is 4.07. The van der Waals surface area contributed by atoms with Crippen LogP contribution in [0.15, 0.2) is 40.6 Å². The number of aliphatic imine (C=N–C) groups is 1. The van der Waals surface area contributed by atoms with Crippen LogP contribution in [0.2, 0.25) is 0 Å². The summed E-state index contributed by atoms with van der Waals surface area (Å²) in [7, 11) is 0. The topological polar surface area (TPSA) is 32.6 Å². The smallest absolute Gasteiger partial charge is 0.0544 e. The maximum absolute atomic E-state index is 8.95. The Morgan fingerprint density at radius 3 is 3.00 bits per heavy atom. The van der Waals surface area contributed by atoms with Crippen LogP contribution in [0.4, 0.5) is 0 Å². The van der Waals surface area contributed by atoms with Crippen molar-refractivity contribution < 1.29 is 5.11 Å². The first-order valence-corrected chi connectivity index (χ1v) is 4.93. The summed E-state index contributed by atoms with van der Waals surface area (Å²) in [6, 6.07) is 0. The minimum atomic E-state index is -0.0672. The molecule has 0 fully saturated rings. The molecule has 0 amide bonds. The monoisotopic (exact) mass is 189 g/mol. The van der Waals surface area contributed by atoms with E-state index >= 15 is 0 Å². The van der Waals surface area contributed by atoms with E-state index in [1.165, 1.54) is 11.1 Å². The van der Waals surface area contributed by atoms with Gasteiger partial charge in [-0.1, -0.05) is 12.2 Å². The highest BCUT2D eigenvalue weighted by Gasteiger charge is 2.35. The molecule has 0 aromatic carbocycles. The number of fused-ring (bicyclic) bond motifs is 1. The summed E-state index contributed by atoms with van der Waals surface area (Å²) >= 11 is 0. The SMILES string of the molecule is CC1=CC2=NC=C(CCO)C2(C)C=C1. The summed E-state index contributed by atoms with van der Waals surface area (Å²) in [6.45, 7) is 4.42. The molecule has 0 spiro atoms.